The second-order valence-corrected chi connectivity index (χ2v) is 6.53. The van der Waals surface area contributed by atoms with Gasteiger partial charge < -0.3 is 15.2 Å². The lowest BCUT2D eigenvalue weighted by molar-refractivity contribution is -0.166. The summed E-state index contributed by atoms with van der Waals surface area (Å²) in [6, 6.07) is 0.330. The van der Waals surface area contributed by atoms with E-state index in [0.29, 0.717) is 25.7 Å². The molecule has 0 bridgehead atoms. The van der Waals surface area contributed by atoms with E-state index in [1.807, 2.05) is 11.8 Å². The summed E-state index contributed by atoms with van der Waals surface area (Å²) < 4.78 is 5.33. The molecule has 0 spiro atoms. The van der Waals surface area contributed by atoms with E-state index in [4.69, 9.17) is 9.84 Å². The predicted octanol–water partition coefficient (Wildman–Crippen LogP) is 1.00. The first-order valence-corrected chi connectivity index (χ1v) is 7.84. The van der Waals surface area contributed by atoms with Crippen molar-refractivity contribution in [3.05, 3.63) is 0 Å². The lowest BCUT2D eigenvalue weighted by Gasteiger charge is -2.47. The Morgan fingerprint density at radius 3 is 2.43 bits per heavy atom. The number of likely N-dealkylation sites (tertiary alicyclic amines) is 1. The number of ether oxygens (including phenoxy) is 1. The molecule has 1 saturated carbocycles. The van der Waals surface area contributed by atoms with E-state index >= 15 is 0 Å². The van der Waals surface area contributed by atoms with Crippen molar-refractivity contribution in [1.82, 2.24) is 10.2 Å². The molecule has 0 atom stereocenters. The van der Waals surface area contributed by atoms with Crippen LogP contribution >= 0.6 is 0 Å². The molecule has 6 heteroatoms. The molecule has 0 aromatic rings. The van der Waals surface area contributed by atoms with Crippen LogP contribution in [-0.2, 0) is 14.3 Å². The summed E-state index contributed by atoms with van der Waals surface area (Å²) in [5.41, 5.74) is -0.430. The predicted molar refractivity (Wildman–Crippen MR) is 78.1 cm³/mol. The number of hydrogen-bond acceptors (Lipinski definition) is 4. The number of carboxylic acids is 1. The Balaban J connectivity index is 1.64. The SMILES string of the molecule is CC1(OCC(=O)O)CN(CC(=O)NC2CCCCCC2)C1. The Labute approximate surface area is 125 Å². The highest BCUT2D eigenvalue weighted by Crippen LogP contribution is 2.24. The topological polar surface area (TPSA) is 78.9 Å². The first-order valence-electron chi connectivity index (χ1n) is 7.84. The minimum atomic E-state index is -0.958. The molecule has 0 radical (unpaired) electrons. The summed E-state index contributed by atoms with van der Waals surface area (Å²) in [4.78, 5) is 24.5. The van der Waals surface area contributed by atoms with E-state index in [1.54, 1.807) is 0 Å². The van der Waals surface area contributed by atoms with Gasteiger partial charge in [0.15, 0.2) is 0 Å². The average Bonchev–Trinajstić information content (AvgIpc) is 2.63. The van der Waals surface area contributed by atoms with Crippen LogP contribution in [0.15, 0.2) is 0 Å². The molecular weight excluding hydrogens is 272 g/mol. The number of carbonyl (C=O) groups is 2. The molecule has 1 amide bonds. The Morgan fingerprint density at radius 1 is 1.24 bits per heavy atom. The van der Waals surface area contributed by atoms with Gasteiger partial charge >= 0.3 is 5.97 Å². The van der Waals surface area contributed by atoms with Crippen LogP contribution in [0.1, 0.15) is 45.4 Å². The molecule has 2 fully saturated rings. The molecule has 1 saturated heterocycles. The molecule has 21 heavy (non-hydrogen) atoms. The molecule has 1 heterocycles. The van der Waals surface area contributed by atoms with Crippen molar-refractivity contribution in [3.8, 4) is 0 Å². The van der Waals surface area contributed by atoms with Gasteiger partial charge in [-0.25, -0.2) is 4.79 Å². The second kappa shape index (κ2) is 7.22. The highest BCUT2D eigenvalue weighted by molar-refractivity contribution is 5.78. The van der Waals surface area contributed by atoms with Crippen LogP contribution in [-0.4, -0.2) is 59.8 Å². The maximum Gasteiger partial charge on any atom is 0.329 e. The summed E-state index contributed by atoms with van der Waals surface area (Å²) in [6.45, 7) is 3.20. The molecule has 2 aliphatic rings. The standard InChI is InChI=1S/C15H26N2O4/c1-15(21-9-14(19)20)10-17(11-15)8-13(18)16-12-6-4-2-3-5-7-12/h12H,2-11H2,1H3,(H,16,18)(H,19,20). The quantitative estimate of drug-likeness (QED) is 0.715. The van der Waals surface area contributed by atoms with Gasteiger partial charge in [-0.15, -0.1) is 0 Å². The van der Waals surface area contributed by atoms with Crippen LogP contribution in [0.2, 0.25) is 0 Å². The van der Waals surface area contributed by atoms with Gasteiger partial charge in [0.2, 0.25) is 5.91 Å². The summed E-state index contributed by atoms with van der Waals surface area (Å²) in [5, 5.41) is 11.7. The van der Waals surface area contributed by atoms with Gasteiger partial charge in [0.1, 0.15) is 6.61 Å². The molecule has 0 unspecified atom stereocenters. The van der Waals surface area contributed by atoms with E-state index in [1.165, 1.54) is 25.7 Å². The van der Waals surface area contributed by atoms with Crippen LogP contribution in [0.25, 0.3) is 0 Å². The van der Waals surface area contributed by atoms with Crippen molar-refractivity contribution >= 4 is 11.9 Å². The Hall–Kier alpha value is -1.14. The fourth-order valence-corrected chi connectivity index (χ4v) is 3.24. The lowest BCUT2D eigenvalue weighted by Crippen LogP contribution is -2.63. The monoisotopic (exact) mass is 298 g/mol. The normalized spacial score (nSPS) is 23.1. The van der Waals surface area contributed by atoms with Crippen molar-refractivity contribution in [2.45, 2.75) is 57.1 Å². The van der Waals surface area contributed by atoms with Gasteiger partial charge in [-0.3, -0.25) is 9.69 Å². The maximum absolute atomic E-state index is 12.0. The van der Waals surface area contributed by atoms with Crippen LogP contribution in [0.5, 0.6) is 0 Å². The van der Waals surface area contributed by atoms with Gasteiger partial charge in [-0.05, 0) is 19.8 Å². The molecule has 0 aromatic heterocycles. The van der Waals surface area contributed by atoms with Crippen molar-refractivity contribution in [2.24, 2.45) is 0 Å². The van der Waals surface area contributed by atoms with Gasteiger partial charge in [0.25, 0.3) is 0 Å². The van der Waals surface area contributed by atoms with Gasteiger partial charge in [-0.2, -0.15) is 0 Å². The second-order valence-electron chi connectivity index (χ2n) is 6.53. The van der Waals surface area contributed by atoms with Crippen molar-refractivity contribution in [1.29, 1.82) is 0 Å². The minimum absolute atomic E-state index is 0.0715. The van der Waals surface area contributed by atoms with Crippen LogP contribution in [0, 0.1) is 0 Å². The number of aliphatic carboxylic acids is 1. The van der Waals surface area contributed by atoms with E-state index in [9.17, 15) is 9.59 Å². The first-order chi connectivity index (χ1) is 9.97. The van der Waals surface area contributed by atoms with E-state index in [0.717, 1.165) is 12.8 Å². The van der Waals surface area contributed by atoms with Crippen molar-refractivity contribution < 1.29 is 19.4 Å². The largest absolute Gasteiger partial charge is 0.480 e. The third-order valence-corrected chi connectivity index (χ3v) is 4.25. The van der Waals surface area contributed by atoms with E-state index in [-0.39, 0.29) is 12.5 Å². The van der Waals surface area contributed by atoms with Gasteiger partial charge in [0.05, 0.1) is 12.1 Å². The van der Waals surface area contributed by atoms with Crippen molar-refractivity contribution in [3.63, 3.8) is 0 Å². The Kier molecular flexibility index (Phi) is 5.58. The van der Waals surface area contributed by atoms with E-state index in [2.05, 4.69) is 5.32 Å². The maximum atomic E-state index is 12.0. The summed E-state index contributed by atoms with van der Waals surface area (Å²) in [7, 11) is 0. The number of rotatable bonds is 6. The molecule has 2 rings (SSSR count). The third-order valence-electron chi connectivity index (χ3n) is 4.25. The summed E-state index contributed by atoms with van der Waals surface area (Å²) in [6.07, 6.45) is 7.14. The smallest absolute Gasteiger partial charge is 0.329 e. The third kappa shape index (κ3) is 5.28. The fourth-order valence-electron chi connectivity index (χ4n) is 3.24. The number of nitrogens with one attached hydrogen (secondary N) is 1. The number of nitrogens with zero attached hydrogens (tertiary/aromatic N) is 1. The molecule has 6 nitrogen and oxygen atoms in total. The summed E-state index contributed by atoms with van der Waals surface area (Å²) in [5.74, 6) is -0.886. The lowest BCUT2D eigenvalue weighted by atomic mass is 9.96. The number of carbonyl (C=O) groups excluding carboxylic acids is 1. The van der Waals surface area contributed by atoms with Crippen LogP contribution < -0.4 is 5.32 Å². The molecule has 1 aliphatic carbocycles. The van der Waals surface area contributed by atoms with Crippen LogP contribution in [0.4, 0.5) is 0 Å². The number of amides is 1. The Bertz CT molecular complexity index is 372. The zero-order valence-corrected chi connectivity index (χ0v) is 12.8. The first kappa shape index (κ1) is 16.2. The van der Waals surface area contributed by atoms with Crippen molar-refractivity contribution in [2.75, 3.05) is 26.2 Å². The fraction of sp³-hybridized carbons (Fsp3) is 0.867. The number of hydrogen-bond donors (Lipinski definition) is 2. The molecule has 0 aromatic carbocycles. The van der Waals surface area contributed by atoms with Crippen LogP contribution in [0.3, 0.4) is 0 Å². The average molecular weight is 298 g/mol. The zero-order valence-electron chi connectivity index (χ0n) is 12.8. The summed E-state index contributed by atoms with van der Waals surface area (Å²) >= 11 is 0. The molecule has 2 N–H and O–H groups in total. The Morgan fingerprint density at radius 2 is 1.86 bits per heavy atom. The minimum Gasteiger partial charge on any atom is -0.480 e. The molecular formula is C15H26N2O4. The van der Waals surface area contributed by atoms with Gasteiger partial charge in [0, 0.05) is 19.1 Å². The molecule has 120 valence electrons. The highest BCUT2D eigenvalue weighted by atomic mass is 16.5. The zero-order chi connectivity index (χ0) is 15.3. The highest BCUT2D eigenvalue weighted by Gasteiger charge is 2.40. The number of carboxylic acid groups (broad SMARTS) is 1. The van der Waals surface area contributed by atoms with Gasteiger partial charge in [-0.1, -0.05) is 25.7 Å². The van der Waals surface area contributed by atoms with E-state index < -0.39 is 11.6 Å². The molecule has 1 aliphatic heterocycles.